The molecule has 0 unspecified atom stereocenters. The lowest BCUT2D eigenvalue weighted by Gasteiger charge is -2.09. The third kappa shape index (κ3) is 4.05. The Bertz CT molecular complexity index is 1200. The minimum atomic E-state index is 0.288. The van der Waals surface area contributed by atoms with Crippen molar-refractivity contribution in [1.82, 2.24) is 4.90 Å². The average molecular weight is 402 g/mol. The van der Waals surface area contributed by atoms with E-state index in [1.807, 2.05) is 66.7 Å². The van der Waals surface area contributed by atoms with E-state index in [1.165, 1.54) is 0 Å². The van der Waals surface area contributed by atoms with Crippen LogP contribution in [0.25, 0.3) is 33.9 Å². The SMILES string of the molecule is COc1cccc(/C=C/c2oc3c(cc(O)c4ccccc43)c2CCCN(C)C)c1. The van der Waals surface area contributed by atoms with Crippen molar-refractivity contribution in [3.05, 3.63) is 71.5 Å². The highest BCUT2D eigenvalue weighted by Gasteiger charge is 2.17. The lowest BCUT2D eigenvalue weighted by Crippen LogP contribution is -2.13. The third-order valence-corrected chi connectivity index (χ3v) is 5.36. The van der Waals surface area contributed by atoms with Crippen molar-refractivity contribution in [2.75, 3.05) is 27.7 Å². The molecule has 0 atom stereocenters. The van der Waals surface area contributed by atoms with Crippen molar-refractivity contribution in [2.24, 2.45) is 0 Å². The number of hydrogen-bond acceptors (Lipinski definition) is 4. The Balaban J connectivity index is 1.81. The molecule has 0 fully saturated rings. The van der Waals surface area contributed by atoms with E-state index in [4.69, 9.17) is 9.15 Å². The van der Waals surface area contributed by atoms with Crippen LogP contribution in [-0.4, -0.2) is 37.8 Å². The van der Waals surface area contributed by atoms with E-state index in [2.05, 4.69) is 19.0 Å². The molecule has 0 saturated heterocycles. The van der Waals surface area contributed by atoms with Crippen LogP contribution in [0.2, 0.25) is 0 Å². The highest BCUT2D eigenvalue weighted by molar-refractivity contribution is 6.09. The first-order valence-corrected chi connectivity index (χ1v) is 10.2. The second kappa shape index (κ2) is 8.64. The molecule has 4 heteroatoms. The maximum atomic E-state index is 10.6. The minimum absolute atomic E-state index is 0.288. The Kier molecular flexibility index (Phi) is 5.77. The Morgan fingerprint density at radius 1 is 0.967 bits per heavy atom. The number of nitrogens with zero attached hydrogens (tertiary/aromatic N) is 1. The molecule has 0 aliphatic carbocycles. The van der Waals surface area contributed by atoms with Gasteiger partial charge in [-0.25, -0.2) is 0 Å². The van der Waals surface area contributed by atoms with Gasteiger partial charge in [-0.3, -0.25) is 0 Å². The quantitative estimate of drug-likeness (QED) is 0.415. The highest BCUT2D eigenvalue weighted by Crippen LogP contribution is 2.38. The highest BCUT2D eigenvalue weighted by atomic mass is 16.5. The lowest BCUT2D eigenvalue weighted by molar-refractivity contribution is 0.400. The van der Waals surface area contributed by atoms with Gasteiger partial charge < -0.3 is 19.2 Å². The zero-order chi connectivity index (χ0) is 21.1. The predicted molar refractivity (Wildman–Crippen MR) is 124 cm³/mol. The molecular formula is C26H27NO3. The molecule has 1 heterocycles. The zero-order valence-electron chi connectivity index (χ0n) is 17.7. The van der Waals surface area contributed by atoms with Gasteiger partial charge in [0.15, 0.2) is 0 Å². The summed E-state index contributed by atoms with van der Waals surface area (Å²) < 4.78 is 11.7. The van der Waals surface area contributed by atoms with Crippen molar-refractivity contribution in [3.63, 3.8) is 0 Å². The van der Waals surface area contributed by atoms with E-state index in [-0.39, 0.29) is 5.75 Å². The van der Waals surface area contributed by atoms with Gasteiger partial charge in [-0.15, -0.1) is 0 Å². The normalized spacial score (nSPS) is 11.9. The van der Waals surface area contributed by atoms with Crippen LogP contribution in [0.5, 0.6) is 11.5 Å². The summed E-state index contributed by atoms with van der Waals surface area (Å²) in [7, 11) is 5.83. The summed E-state index contributed by atoms with van der Waals surface area (Å²) in [6, 6.07) is 17.6. The van der Waals surface area contributed by atoms with E-state index in [1.54, 1.807) is 7.11 Å². The third-order valence-electron chi connectivity index (χ3n) is 5.36. The monoisotopic (exact) mass is 401 g/mol. The molecule has 4 rings (SSSR count). The first-order chi connectivity index (χ1) is 14.6. The van der Waals surface area contributed by atoms with Crippen LogP contribution in [0.3, 0.4) is 0 Å². The van der Waals surface area contributed by atoms with Crippen molar-refractivity contribution >= 4 is 33.9 Å². The summed E-state index contributed by atoms with van der Waals surface area (Å²) >= 11 is 0. The summed E-state index contributed by atoms with van der Waals surface area (Å²) in [5.74, 6) is 1.95. The van der Waals surface area contributed by atoms with E-state index < -0.39 is 0 Å². The maximum Gasteiger partial charge on any atom is 0.143 e. The Morgan fingerprint density at radius 3 is 2.53 bits per heavy atom. The van der Waals surface area contributed by atoms with E-state index >= 15 is 0 Å². The number of aryl methyl sites for hydroxylation is 1. The smallest absolute Gasteiger partial charge is 0.143 e. The van der Waals surface area contributed by atoms with Crippen LogP contribution >= 0.6 is 0 Å². The largest absolute Gasteiger partial charge is 0.507 e. The van der Waals surface area contributed by atoms with Crippen LogP contribution < -0.4 is 4.74 Å². The first-order valence-electron chi connectivity index (χ1n) is 10.2. The lowest BCUT2D eigenvalue weighted by atomic mass is 10.0. The van der Waals surface area contributed by atoms with Gasteiger partial charge in [-0.2, -0.15) is 0 Å². The average Bonchev–Trinajstić information content (AvgIpc) is 3.10. The number of benzene rings is 3. The summed E-state index contributed by atoms with van der Waals surface area (Å²) in [6.45, 7) is 0.991. The predicted octanol–water partition coefficient (Wildman–Crippen LogP) is 5.96. The number of furan rings is 1. The van der Waals surface area contributed by atoms with E-state index in [0.29, 0.717) is 0 Å². The molecule has 0 radical (unpaired) electrons. The van der Waals surface area contributed by atoms with Gasteiger partial charge in [0.2, 0.25) is 0 Å². The van der Waals surface area contributed by atoms with Crippen molar-refractivity contribution in [1.29, 1.82) is 0 Å². The van der Waals surface area contributed by atoms with Gasteiger partial charge in [-0.05, 0) is 63.3 Å². The minimum Gasteiger partial charge on any atom is -0.507 e. The molecule has 0 bridgehead atoms. The fourth-order valence-electron chi connectivity index (χ4n) is 3.85. The number of ether oxygens (including phenoxy) is 1. The fraction of sp³-hybridized carbons (Fsp3) is 0.231. The molecular weight excluding hydrogens is 374 g/mol. The number of aromatic hydroxyl groups is 1. The number of rotatable bonds is 7. The molecule has 0 spiro atoms. The van der Waals surface area contributed by atoms with Gasteiger partial charge in [-0.1, -0.05) is 42.5 Å². The van der Waals surface area contributed by atoms with Crippen LogP contribution in [0.15, 0.2) is 59.0 Å². The molecule has 154 valence electrons. The van der Waals surface area contributed by atoms with Crippen LogP contribution in [0, 0.1) is 0 Å². The van der Waals surface area contributed by atoms with E-state index in [9.17, 15) is 5.11 Å². The van der Waals surface area contributed by atoms with Crippen molar-refractivity contribution in [2.45, 2.75) is 12.8 Å². The van der Waals surface area contributed by atoms with Crippen LogP contribution in [0.4, 0.5) is 0 Å². The summed E-state index contributed by atoms with van der Waals surface area (Å²) in [5, 5.41) is 13.3. The second-order valence-electron chi connectivity index (χ2n) is 7.78. The molecule has 0 aliphatic rings. The number of phenols is 1. The summed E-state index contributed by atoms with van der Waals surface area (Å²) in [6.07, 6.45) is 5.94. The number of phenolic OH excluding ortho intramolecular Hbond substituents is 1. The Labute approximate surface area is 177 Å². The molecule has 4 nitrogen and oxygen atoms in total. The molecule has 4 aromatic rings. The Morgan fingerprint density at radius 2 is 1.77 bits per heavy atom. The first kappa shape index (κ1) is 20.0. The van der Waals surface area contributed by atoms with Gasteiger partial charge in [0, 0.05) is 21.7 Å². The number of hydrogen-bond donors (Lipinski definition) is 1. The molecule has 3 aromatic carbocycles. The standard InChI is InChI=1S/C26H27NO3/c1-27(2)15-7-12-21-23-17-24(28)20-10-4-5-11-22(20)26(23)30-25(21)14-13-18-8-6-9-19(16-18)29-3/h4-6,8-11,13-14,16-17,28H,7,12,15H2,1-3H3/b14-13+. The van der Waals surface area contributed by atoms with Gasteiger partial charge in [0.1, 0.15) is 22.8 Å². The molecule has 30 heavy (non-hydrogen) atoms. The molecule has 1 N–H and O–H groups in total. The van der Waals surface area contributed by atoms with Gasteiger partial charge in [0.25, 0.3) is 0 Å². The van der Waals surface area contributed by atoms with Crippen molar-refractivity contribution in [3.8, 4) is 11.5 Å². The molecule has 0 saturated carbocycles. The second-order valence-corrected chi connectivity index (χ2v) is 7.78. The van der Waals surface area contributed by atoms with Crippen LogP contribution in [0.1, 0.15) is 23.3 Å². The van der Waals surface area contributed by atoms with Crippen LogP contribution in [-0.2, 0) is 6.42 Å². The maximum absolute atomic E-state index is 10.6. The summed E-state index contributed by atoms with van der Waals surface area (Å²) in [5.41, 5.74) is 3.00. The molecule has 1 aromatic heterocycles. The fourth-order valence-corrected chi connectivity index (χ4v) is 3.85. The van der Waals surface area contributed by atoms with Gasteiger partial charge >= 0.3 is 0 Å². The number of fused-ring (bicyclic) bond motifs is 3. The van der Waals surface area contributed by atoms with Gasteiger partial charge in [0.05, 0.1) is 7.11 Å². The van der Waals surface area contributed by atoms with Crippen molar-refractivity contribution < 1.29 is 14.3 Å². The zero-order valence-corrected chi connectivity index (χ0v) is 17.7. The summed E-state index contributed by atoms with van der Waals surface area (Å²) in [4.78, 5) is 2.18. The Hall–Kier alpha value is -3.24. The molecule has 0 amide bonds. The number of methoxy groups -OCH3 is 1. The topological polar surface area (TPSA) is 45.8 Å². The molecule has 0 aliphatic heterocycles. The van der Waals surface area contributed by atoms with E-state index in [0.717, 1.165) is 63.8 Å².